The minimum Gasteiger partial charge on any atom is -0.288 e. The molecule has 0 spiro atoms. The van der Waals surface area contributed by atoms with E-state index in [9.17, 15) is 9.18 Å². The van der Waals surface area contributed by atoms with Crippen molar-refractivity contribution in [2.45, 2.75) is 26.3 Å². The van der Waals surface area contributed by atoms with Gasteiger partial charge in [-0.15, -0.1) is 0 Å². The second-order valence-corrected chi connectivity index (χ2v) is 6.92. The van der Waals surface area contributed by atoms with Crippen molar-refractivity contribution in [2.24, 2.45) is 0 Å². The third kappa shape index (κ3) is 3.04. The Morgan fingerprint density at radius 2 is 2.05 bits per heavy atom. The van der Waals surface area contributed by atoms with Crippen LogP contribution >= 0.6 is 24.0 Å². The molecule has 0 saturated carbocycles. The first kappa shape index (κ1) is 14.2. The Kier molecular flexibility index (Phi) is 3.78. The van der Waals surface area contributed by atoms with Crippen molar-refractivity contribution < 1.29 is 9.18 Å². The number of hydrogen-bond acceptors (Lipinski definition) is 3. The minimum absolute atomic E-state index is 0.119. The lowest BCUT2D eigenvalue weighted by molar-refractivity contribution is -0.125. The van der Waals surface area contributed by atoms with Gasteiger partial charge in [0.15, 0.2) is 0 Å². The number of benzene rings is 1. The smallest absolute Gasteiger partial charge is 0.266 e. The van der Waals surface area contributed by atoms with Crippen molar-refractivity contribution in [1.29, 1.82) is 0 Å². The average molecular weight is 295 g/mol. The number of thiocarbonyl (C=S) groups is 1. The largest absolute Gasteiger partial charge is 0.288 e. The van der Waals surface area contributed by atoms with Gasteiger partial charge in [-0.2, -0.15) is 0 Å². The van der Waals surface area contributed by atoms with Gasteiger partial charge in [-0.1, -0.05) is 36.1 Å². The Bertz CT molecular complexity index is 575. The number of thioether (sulfide) groups is 1. The third-order valence-corrected chi connectivity index (χ3v) is 3.91. The van der Waals surface area contributed by atoms with Gasteiger partial charge >= 0.3 is 0 Å². The molecular weight excluding hydrogens is 281 g/mol. The van der Waals surface area contributed by atoms with Crippen LogP contribution in [0, 0.1) is 5.82 Å². The fourth-order valence-corrected chi connectivity index (χ4v) is 3.43. The van der Waals surface area contributed by atoms with E-state index in [4.69, 9.17) is 12.2 Å². The molecule has 1 fully saturated rings. The minimum atomic E-state index is -0.349. The van der Waals surface area contributed by atoms with Crippen LogP contribution in [0.25, 0.3) is 6.08 Å². The van der Waals surface area contributed by atoms with Gasteiger partial charge in [-0.3, -0.25) is 9.69 Å². The summed E-state index contributed by atoms with van der Waals surface area (Å²) in [6.07, 6.45) is 1.67. The van der Waals surface area contributed by atoms with Crippen LogP contribution in [0.15, 0.2) is 29.2 Å². The number of halogens is 1. The van der Waals surface area contributed by atoms with Crippen LogP contribution in [0.1, 0.15) is 26.3 Å². The normalized spacial score (nSPS) is 18.5. The van der Waals surface area contributed by atoms with Crippen molar-refractivity contribution >= 4 is 40.3 Å². The number of carbonyl (C=O) groups is 1. The lowest BCUT2D eigenvalue weighted by Gasteiger charge is -2.30. The van der Waals surface area contributed by atoms with Gasteiger partial charge in [-0.25, -0.2) is 4.39 Å². The summed E-state index contributed by atoms with van der Waals surface area (Å²) in [5.74, 6) is -0.438. The summed E-state index contributed by atoms with van der Waals surface area (Å²) in [7, 11) is 0. The van der Waals surface area contributed by atoms with E-state index in [0.29, 0.717) is 14.8 Å². The van der Waals surface area contributed by atoms with E-state index < -0.39 is 0 Å². The lowest BCUT2D eigenvalue weighted by Crippen LogP contribution is -2.44. The summed E-state index contributed by atoms with van der Waals surface area (Å²) < 4.78 is 13.7. The first-order valence-electron chi connectivity index (χ1n) is 5.83. The number of rotatable bonds is 1. The highest BCUT2D eigenvalue weighted by atomic mass is 32.2. The summed E-state index contributed by atoms with van der Waals surface area (Å²) in [6, 6.07) is 6.14. The zero-order valence-electron chi connectivity index (χ0n) is 10.9. The Labute approximate surface area is 121 Å². The molecule has 1 aromatic carbocycles. The van der Waals surface area contributed by atoms with Gasteiger partial charge in [-0.05, 0) is 44.5 Å². The summed E-state index contributed by atoms with van der Waals surface area (Å²) in [4.78, 5) is 14.4. The summed E-state index contributed by atoms with van der Waals surface area (Å²) >= 11 is 6.49. The maximum atomic E-state index is 13.1. The van der Waals surface area contributed by atoms with E-state index in [-0.39, 0.29) is 17.3 Å². The van der Waals surface area contributed by atoms with E-state index in [0.717, 1.165) is 0 Å². The first-order valence-corrected chi connectivity index (χ1v) is 7.05. The molecule has 0 aliphatic carbocycles. The number of amides is 1. The average Bonchev–Trinajstić information content (AvgIpc) is 2.53. The summed E-state index contributed by atoms with van der Waals surface area (Å²) in [5, 5.41) is 0. The highest BCUT2D eigenvalue weighted by Gasteiger charge is 2.38. The van der Waals surface area contributed by atoms with Crippen molar-refractivity contribution in [3.8, 4) is 0 Å². The molecule has 100 valence electrons. The second kappa shape index (κ2) is 5.06. The van der Waals surface area contributed by atoms with Crippen LogP contribution in [-0.2, 0) is 4.79 Å². The zero-order chi connectivity index (χ0) is 14.2. The van der Waals surface area contributed by atoms with Crippen molar-refractivity contribution in [3.05, 3.63) is 40.6 Å². The predicted octanol–water partition coefficient (Wildman–Crippen LogP) is 3.83. The Hall–Kier alpha value is -1.20. The molecule has 2 nitrogen and oxygen atoms in total. The molecule has 0 N–H and O–H groups in total. The molecule has 1 aromatic rings. The highest BCUT2D eigenvalue weighted by Crippen LogP contribution is 2.36. The van der Waals surface area contributed by atoms with Crippen LogP contribution in [-0.4, -0.2) is 20.7 Å². The van der Waals surface area contributed by atoms with Gasteiger partial charge in [0.2, 0.25) is 0 Å². The Balaban J connectivity index is 2.34. The molecule has 1 saturated heterocycles. The molecule has 1 amide bonds. The molecule has 0 radical (unpaired) electrons. The molecule has 5 heteroatoms. The van der Waals surface area contributed by atoms with Crippen molar-refractivity contribution in [3.63, 3.8) is 0 Å². The quantitative estimate of drug-likeness (QED) is 0.580. The van der Waals surface area contributed by atoms with Crippen LogP contribution in [0.4, 0.5) is 4.39 Å². The molecule has 1 aliphatic heterocycles. The predicted molar refractivity (Wildman–Crippen MR) is 81.2 cm³/mol. The molecule has 0 unspecified atom stereocenters. The summed E-state index contributed by atoms with van der Waals surface area (Å²) in [6.45, 7) is 5.80. The zero-order valence-corrected chi connectivity index (χ0v) is 12.6. The van der Waals surface area contributed by atoms with E-state index in [1.54, 1.807) is 23.1 Å². The standard InChI is InChI=1S/C14H14FNOS2/c1-14(2,3)16-12(17)11(19-13(16)18)8-9-5-4-6-10(15)7-9/h4-8H,1-3H3. The topological polar surface area (TPSA) is 20.3 Å². The van der Waals surface area contributed by atoms with Crippen molar-refractivity contribution in [2.75, 3.05) is 0 Å². The van der Waals surface area contributed by atoms with E-state index >= 15 is 0 Å². The van der Waals surface area contributed by atoms with Crippen LogP contribution in [0.2, 0.25) is 0 Å². The number of nitrogens with zero attached hydrogens (tertiary/aromatic N) is 1. The third-order valence-electron chi connectivity index (χ3n) is 2.61. The number of carbonyl (C=O) groups excluding carboxylic acids is 1. The molecule has 1 heterocycles. The molecule has 2 rings (SSSR count). The van der Waals surface area contributed by atoms with E-state index in [1.165, 1.54) is 23.9 Å². The van der Waals surface area contributed by atoms with Gasteiger partial charge in [0.1, 0.15) is 10.1 Å². The maximum absolute atomic E-state index is 13.1. The van der Waals surface area contributed by atoms with Gasteiger partial charge in [0, 0.05) is 5.54 Å². The van der Waals surface area contributed by atoms with E-state index in [2.05, 4.69) is 0 Å². The Morgan fingerprint density at radius 3 is 2.58 bits per heavy atom. The summed E-state index contributed by atoms with van der Waals surface area (Å²) in [5.41, 5.74) is 0.313. The second-order valence-electron chi connectivity index (χ2n) is 5.24. The number of hydrogen-bond donors (Lipinski definition) is 0. The van der Waals surface area contributed by atoms with Crippen LogP contribution in [0.3, 0.4) is 0 Å². The molecule has 0 atom stereocenters. The van der Waals surface area contributed by atoms with Gasteiger partial charge < -0.3 is 0 Å². The monoisotopic (exact) mass is 295 g/mol. The van der Waals surface area contributed by atoms with Crippen molar-refractivity contribution in [1.82, 2.24) is 4.90 Å². The molecule has 19 heavy (non-hydrogen) atoms. The molecule has 0 aromatic heterocycles. The van der Waals surface area contributed by atoms with E-state index in [1.807, 2.05) is 20.8 Å². The molecule has 0 bridgehead atoms. The van der Waals surface area contributed by atoms with Gasteiger partial charge in [0.25, 0.3) is 5.91 Å². The molecule has 1 aliphatic rings. The molecular formula is C14H14FNOS2. The van der Waals surface area contributed by atoms with Gasteiger partial charge in [0.05, 0.1) is 4.91 Å². The lowest BCUT2D eigenvalue weighted by atomic mass is 10.1. The fourth-order valence-electron chi connectivity index (χ4n) is 1.79. The SMILES string of the molecule is CC(C)(C)N1C(=O)C(=Cc2cccc(F)c2)SC1=S. The van der Waals surface area contributed by atoms with Crippen LogP contribution < -0.4 is 0 Å². The fraction of sp³-hybridized carbons (Fsp3) is 0.286. The first-order chi connectivity index (χ1) is 8.79. The highest BCUT2D eigenvalue weighted by molar-refractivity contribution is 8.26. The van der Waals surface area contributed by atoms with Crippen LogP contribution in [0.5, 0.6) is 0 Å². The maximum Gasteiger partial charge on any atom is 0.266 e. The Morgan fingerprint density at radius 1 is 1.37 bits per heavy atom.